The molecule has 0 atom stereocenters. The van der Waals surface area contributed by atoms with Crippen LogP contribution in [0, 0.1) is 13.8 Å². The highest BCUT2D eigenvalue weighted by Crippen LogP contribution is 2.31. The van der Waals surface area contributed by atoms with Crippen molar-refractivity contribution in [3.05, 3.63) is 45.1 Å². The molecule has 7 heteroatoms. The molecular weight excluding hydrogens is 322 g/mol. The molecule has 112 valence electrons. The molecule has 0 unspecified atom stereocenters. The third-order valence-corrected chi connectivity index (χ3v) is 5.09. The highest BCUT2D eigenvalue weighted by Gasteiger charge is 2.21. The molecule has 3 rings (SSSR count). The predicted octanol–water partition coefficient (Wildman–Crippen LogP) is 3.24. The van der Waals surface area contributed by atoms with E-state index in [1.807, 2.05) is 19.1 Å². The Kier molecular flexibility index (Phi) is 3.50. The minimum Gasteiger partial charge on any atom is -0.365 e. The fourth-order valence-corrected chi connectivity index (χ4v) is 3.52. The summed E-state index contributed by atoms with van der Waals surface area (Å²) in [6, 6.07) is 5.47. The molecule has 5 nitrogen and oxygen atoms in total. The molecule has 3 aromatic rings. The van der Waals surface area contributed by atoms with E-state index in [1.165, 1.54) is 11.3 Å². The molecule has 0 aliphatic carbocycles. The first-order valence-corrected chi connectivity index (χ1v) is 7.66. The lowest BCUT2D eigenvalue weighted by molar-refractivity contribution is 0.100. The fraction of sp³-hybridized carbons (Fsp3) is 0.133. The zero-order valence-electron chi connectivity index (χ0n) is 11.9. The Morgan fingerprint density at radius 3 is 2.73 bits per heavy atom. The Balaban J connectivity index is 2.29. The molecular formula is C15H12ClN3O2S. The minimum absolute atomic E-state index is 0.401. The number of fused-ring (bicyclic) bond motifs is 1. The predicted molar refractivity (Wildman–Crippen MR) is 86.9 cm³/mol. The number of primary amides is 1. The number of nitrogens with zero attached hydrogens (tertiary/aromatic N) is 2. The fourth-order valence-electron chi connectivity index (χ4n) is 2.41. The van der Waals surface area contributed by atoms with E-state index in [-0.39, 0.29) is 0 Å². The molecule has 0 radical (unpaired) electrons. The second-order valence-electron chi connectivity index (χ2n) is 4.93. The van der Waals surface area contributed by atoms with Crippen molar-refractivity contribution in [2.75, 3.05) is 0 Å². The molecule has 2 aromatic heterocycles. The van der Waals surface area contributed by atoms with Gasteiger partial charge < -0.3 is 5.73 Å². The Morgan fingerprint density at radius 2 is 2.14 bits per heavy atom. The maximum atomic E-state index is 11.6. The van der Waals surface area contributed by atoms with Crippen molar-refractivity contribution in [2.45, 2.75) is 13.8 Å². The average Bonchev–Trinajstić information content (AvgIpc) is 2.99. The molecule has 1 amide bonds. The normalized spacial score (nSPS) is 11.0. The van der Waals surface area contributed by atoms with Crippen LogP contribution in [0.1, 0.15) is 31.4 Å². The van der Waals surface area contributed by atoms with Crippen LogP contribution in [0.3, 0.4) is 0 Å². The van der Waals surface area contributed by atoms with Gasteiger partial charge in [-0.2, -0.15) is 0 Å². The van der Waals surface area contributed by atoms with Gasteiger partial charge in [-0.3, -0.25) is 14.0 Å². The average molecular weight is 334 g/mol. The van der Waals surface area contributed by atoms with Crippen molar-refractivity contribution in [1.82, 2.24) is 9.38 Å². The lowest BCUT2D eigenvalue weighted by Crippen LogP contribution is -2.11. The van der Waals surface area contributed by atoms with Gasteiger partial charge in [-0.1, -0.05) is 29.0 Å². The number of hydrogen-bond acceptors (Lipinski definition) is 4. The van der Waals surface area contributed by atoms with Gasteiger partial charge in [-0.05, 0) is 31.5 Å². The summed E-state index contributed by atoms with van der Waals surface area (Å²) in [7, 11) is 0. The zero-order chi connectivity index (χ0) is 16.0. The number of rotatable bonds is 3. The van der Waals surface area contributed by atoms with E-state index in [9.17, 15) is 9.59 Å². The number of carbonyl (C=O) groups excluding carboxylic acids is 2. The van der Waals surface area contributed by atoms with Crippen LogP contribution in [0.5, 0.6) is 0 Å². The smallest absolute Gasteiger partial charge is 0.260 e. The molecule has 2 heterocycles. The van der Waals surface area contributed by atoms with Crippen LogP contribution >= 0.6 is 22.9 Å². The number of hydrogen-bond donors (Lipinski definition) is 1. The highest BCUT2D eigenvalue weighted by atomic mass is 35.5. The van der Waals surface area contributed by atoms with Crippen LogP contribution < -0.4 is 5.73 Å². The van der Waals surface area contributed by atoms with Gasteiger partial charge in [0.05, 0.1) is 0 Å². The molecule has 2 N–H and O–H groups in total. The van der Waals surface area contributed by atoms with Gasteiger partial charge >= 0.3 is 0 Å². The zero-order valence-corrected chi connectivity index (χ0v) is 13.5. The van der Waals surface area contributed by atoms with Crippen LogP contribution in [-0.2, 0) is 0 Å². The molecule has 1 aromatic carbocycles. The molecule has 0 fully saturated rings. The summed E-state index contributed by atoms with van der Waals surface area (Å²) in [5.74, 6) is -0.520. The first kappa shape index (κ1) is 14.7. The van der Waals surface area contributed by atoms with Crippen molar-refractivity contribution in [1.29, 1.82) is 0 Å². The van der Waals surface area contributed by atoms with Gasteiger partial charge in [0.15, 0.2) is 11.2 Å². The van der Waals surface area contributed by atoms with Crippen LogP contribution in [0.4, 0.5) is 0 Å². The molecule has 0 saturated heterocycles. The number of carbonyl (C=O) groups is 2. The van der Waals surface area contributed by atoms with E-state index in [0.29, 0.717) is 31.9 Å². The molecule has 0 aliphatic heterocycles. The van der Waals surface area contributed by atoms with E-state index in [2.05, 4.69) is 4.98 Å². The summed E-state index contributed by atoms with van der Waals surface area (Å²) >= 11 is 7.21. The summed E-state index contributed by atoms with van der Waals surface area (Å²) in [5.41, 5.74) is 8.65. The van der Waals surface area contributed by atoms with E-state index in [1.54, 1.807) is 17.4 Å². The minimum atomic E-state index is -0.520. The summed E-state index contributed by atoms with van der Waals surface area (Å²) in [6.07, 6.45) is 0.740. The molecule has 0 aliphatic rings. The largest absolute Gasteiger partial charge is 0.365 e. The van der Waals surface area contributed by atoms with Crippen molar-refractivity contribution >= 4 is 40.1 Å². The van der Waals surface area contributed by atoms with Crippen LogP contribution in [0.15, 0.2) is 18.2 Å². The van der Waals surface area contributed by atoms with E-state index >= 15 is 0 Å². The Hall–Kier alpha value is -2.18. The van der Waals surface area contributed by atoms with E-state index in [4.69, 9.17) is 17.3 Å². The second-order valence-corrected chi connectivity index (χ2v) is 6.31. The third kappa shape index (κ3) is 2.12. The Labute approximate surface area is 135 Å². The number of benzene rings is 1. The van der Waals surface area contributed by atoms with Crippen molar-refractivity contribution < 1.29 is 9.59 Å². The quantitative estimate of drug-likeness (QED) is 0.747. The Bertz CT molecular complexity index is 927. The molecule has 0 spiro atoms. The van der Waals surface area contributed by atoms with Crippen molar-refractivity contribution in [3.8, 4) is 11.3 Å². The topological polar surface area (TPSA) is 77.5 Å². The summed E-state index contributed by atoms with van der Waals surface area (Å²) in [6.45, 7) is 3.64. The number of thiazole rings is 1. The van der Waals surface area contributed by atoms with Gasteiger partial charge in [-0.25, -0.2) is 4.98 Å². The van der Waals surface area contributed by atoms with E-state index < -0.39 is 5.91 Å². The third-order valence-electron chi connectivity index (χ3n) is 3.51. The summed E-state index contributed by atoms with van der Waals surface area (Å²) in [5, 5.41) is 0.657. The highest BCUT2D eigenvalue weighted by molar-refractivity contribution is 7.19. The summed E-state index contributed by atoms with van der Waals surface area (Å²) in [4.78, 5) is 28.4. The number of imidazole rings is 1. The first-order valence-electron chi connectivity index (χ1n) is 6.47. The van der Waals surface area contributed by atoms with Crippen molar-refractivity contribution in [2.24, 2.45) is 5.73 Å². The number of aryl methyl sites for hydroxylation is 2. The maximum absolute atomic E-state index is 11.6. The standard InChI is InChI=1S/C15H12ClN3O2S/c1-7-5-9(3-4-10(7)16)12-11(6-20)19-8(2)13(14(17)21)22-15(19)18-12/h3-6H,1-2H3,(H2,17,21). The van der Waals surface area contributed by atoms with Gasteiger partial charge in [0.25, 0.3) is 5.91 Å². The van der Waals surface area contributed by atoms with Gasteiger partial charge in [0.2, 0.25) is 0 Å². The summed E-state index contributed by atoms with van der Waals surface area (Å²) < 4.78 is 1.66. The number of nitrogens with two attached hydrogens (primary N) is 1. The van der Waals surface area contributed by atoms with Crippen LogP contribution in [-0.4, -0.2) is 21.6 Å². The Morgan fingerprint density at radius 1 is 1.41 bits per heavy atom. The first-order chi connectivity index (χ1) is 10.4. The maximum Gasteiger partial charge on any atom is 0.260 e. The van der Waals surface area contributed by atoms with Gasteiger partial charge in [0.1, 0.15) is 16.3 Å². The van der Waals surface area contributed by atoms with Gasteiger partial charge in [-0.15, -0.1) is 0 Å². The van der Waals surface area contributed by atoms with Crippen LogP contribution in [0.25, 0.3) is 16.2 Å². The lowest BCUT2D eigenvalue weighted by Gasteiger charge is -2.03. The SMILES string of the molecule is Cc1cc(-c2nc3sc(C(N)=O)c(C)n3c2C=O)ccc1Cl. The number of aromatic nitrogens is 2. The molecule has 22 heavy (non-hydrogen) atoms. The van der Waals surface area contributed by atoms with Gasteiger partial charge in [0, 0.05) is 16.3 Å². The van der Waals surface area contributed by atoms with Crippen LogP contribution in [0.2, 0.25) is 5.02 Å². The molecule has 0 bridgehead atoms. The molecule has 0 saturated carbocycles. The number of amides is 1. The number of aldehydes is 1. The lowest BCUT2D eigenvalue weighted by atomic mass is 10.1. The second kappa shape index (κ2) is 5.23. The van der Waals surface area contributed by atoms with Crippen molar-refractivity contribution in [3.63, 3.8) is 0 Å². The number of halogens is 1. The van der Waals surface area contributed by atoms with E-state index in [0.717, 1.165) is 17.4 Å². The monoisotopic (exact) mass is 333 g/mol.